The van der Waals surface area contributed by atoms with Gasteiger partial charge in [0.15, 0.2) is 0 Å². The standard InChI is InChI=1S/C14H21NO3/c1-14(2,18-3)10-13(17)15-9-8-11-4-6-12(16)7-5-11/h4-7,16H,8-10H2,1-3H3,(H,15,17). The molecular formula is C14H21NO3. The van der Waals surface area contributed by atoms with E-state index in [-0.39, 0.29) is 11.7 Å². The number of ether oxygens (including phenoxy) is 1. The van der Waals surface area contributed by atoms with Crippen LogP contribution >= 0.6 is 0 Å². The maximum absolute atomic E-state index is 11.6. The number of nitrogens with one attached hydrogen (secondary N) is 1. The molecule has 0 unspecified atom stereocenters. The molecule has 0 saturated heterocycles. The van der Waals surface area contributed by atoms with Crippen molar-refractivity contribution in [3.05, 3.63) is 29.8 Å². The first kappa shape index (κ1) is 14.5. The van der Waals surface area contributed by atoms with Crippen LogP contribution in [0, 0.1) is 0 Å². The molecule has 0 heterocycles. The third-order valence-corrected chi connectivity index (χ3v) is 2.81. The van der Waals surface area contributed by atoms with Crippen LogP contribution in [0.5, 0.6) is 5.75 Å². The molecule has 0 radical (unpaired) electrons. The number of carbonyl (C=O) groups is 1. The highest BCUT2D eigenvalue weighted by Gasteiger charge is 2.20. The highest BCUT2D eigenvalue weighted by atomic mass is 16.5. The Bertz CT molecular complexity index is 385. The van der Waals surface area contributed by atoms with Crippen LogP contribution in [0.15, 0.2) is 24.3 Å². The Morgan fingerprint density at radius 1 is 1.33 bits per heavy atom. The fourth-order valence-electron chi connectivity index (χ4n) is 1.53. The van der Waals surface area contributed by atoms with Crippen molar-refractivity contribution in [3.63, 3.8) is 0 Å². The molecule has 0 bridgehead atoms. The van der Waals surface area contributed by atoms with Gasteiger partial charge in [-0.2, -0.15) is 0 Å². The van der Waals surface area contributed by atoms with Crippen molar-refractivity contribution in [1.82, 2.24) is 5.32 Å². The van der Waals surface area contributed by atoms with Crippen LogP contribution in [0.4, 0.5) is 0 Å². The predicted molar refractivity (Wildman–Crippen MR) is 70.5 cm³/mol. The highest BCUT2D eigenvalue weighted by molar-refractivity contribution is 5.76. The second kappa shape index (κ2) is 6.40. The van der Waals surface area contributed by atoms with Gasteiger partial charge in [-0.05, 0) is 38.0 Å². The average molecular weight is 251 g/mol. The van der Waals surface area contributed by atoms with E-state index in [2.05, 4.69) is 5.32 Å². The summed E-state index contributed by atoms with van der Waals surface area (Å²) in [6.45, 7) is 4.35. The summed E-state index contributed by atoms with van der Waals surface area (Å²) in [4.78, 5) is 11.6. The van der Waals surface area contributed by atoms with E-state index in [1.165, 1.54) is 0 Å². The first-order valence-electron chi connectivity index (χ1n) is 6.03. The number of benzene rings is 1. The SMILES string of the molecule is COC(C)(C)CC(=O)NCCc1ccc(O)cc1. The summed E-state index contributed by atoms with van der Waals surface area (Å²) in [5.41, 5.74) is 0.655. The topological polar surface area (TPSA) is 58.6 Å². The first-order chi connectivity index (χ1) is 8.43. The molecule has 1 amide bonds. The van der Waals surface area contributed by atoms with Gasteiger partial charge in [-0.1, -0.05) is 12.1 Å². The first-order valence-corrected chi connectivity index (χ1v) is 6.03. The van der Waals surface area contributed by atoms with Crippen LogP contribution in [-0.4, -0.2) is 30.3 Å². The molecule has 2 N–H and O–H groups in total. The van der Waals surface area contributed by atoms with Crippen LogP contribution in [-0.2, 0) is 16.0 Å². The minimum Gasteiger partial charge on any atom is -0.508 e. The van der Waals surface area contributed by atoms with Gasteiger partial charge in [0.05, 0.1) is 12.0 Å². The second-order valence-electron chi connectivity index (χ2n) is 4.91. The molecule has 0 aliphatic heterocycles. The fraction of sp³-hybridized carbons (Fsp3) is 0.500. The number of phenols is 1. The summed E-state index contributed by atoms with van der Waals surface area (Å²) in [6, 6.07) is 6.98. The molecular weight excluding hydrogens is 230 g/mol. The molecule has 1 aromatic rings. The number of hydrogen-bond acceptors (Lipinski definition) is 3. The molecule has 1 rings (SSSR count). The molecule has 0 spiro atoms. The van der Waals surface area contributed by atoms with Gasteiger partial charge in [-0.25, -0.2) is 0 Å². The molecule has 18 heavy (non-hydrogen) atoms. The van der Waals surface area contributed by atoms with Crippen LogP contribution in [0.3, 0.4) is 0 Å². The van der Waals surface area contributed by atoms with Gasteiger partial charge in [-0.3, -0.25) is 4.79 Å². The van der Waals surface area contributed by atoms with E-state index in [0.717, 1.165) is 12.0 Å². The Kier molecular flexibility index (Phi) is 5.16. The quantitative estimate of drug-likeness (QED) is 0.811. The number of aromatic hydroxyl groups is 1. The summed E-state index contributed by atoms with van der Waals surface area (Å²) >= 11 is 0. The van der Waals surface area contributed by atoms with Crippen LogP contribution in [0.25, 0.3) is 0 Å². The summed E-state index contributed by atoms with van der Waals surface area (Å²) in [6.07, 6.45) is 1.10. The van der Waals surface area contributed by atoms with E-state index in [9.17, 15) is 4.79 Å². The third-order valence-electron chi connectivity index (χ3n) is 2.81. The Hall–Kier alpha value is -1.55. The summed E-state index contributed by atoms with van der Waals surface area (Å²) < 4.78 is 5.20. The highest BCUT2D eigenvalue weighted by Crippen LogP contribution is 2.12. The molecule has 4 heteroatoms. The van der Waals surface area contributed by atoms with Crippen molar-refractivity contribution < 1.29 is 14.6 Å². The largest absolute Gasteiger partial charge is 0.508 e. The molecule has 0 aliphatic carbocycles. The lowest BCUT2D eigenvalue weighted by molar-refractivity contribution is -0.126. The molecule has 0 saturated carbocycles. The monoisotopic (exact) mass is 251 g/mol. The molecule has 100 valence electrons. The summed E-state index contributed by atoms with van der Waals surface area (Å²) in [7, 11) is 1.60. The van der Waals surface area contributed by atoms with Gasteiger partial charge in [0, 0.05) is 13.7 Å². The second-order valence-corrected chi connectivity index (χ2v) is 4.91. The van der Waals surface area contributed by atoms with E-state index < -0.39 is 5.60 Å². The van der Waals surface area contributed by atoms with Gasteiger partial charge in [-0.15, -0.1) is 0 Å². The summed E-state index contributed by atoms with van der Waals surface area (Å²) in [5.74, 6) is 0.241. The zero-order chi connectivity index (χ0) is 13.6. The number of carbonyl (C=O) groups excluding carboxylic acids is 1. The molecule has 4 nitrogen and oxygen atoms in total. The van der Waals surface area contributed by atoms with E-state index in [0.29, 0.717) is 13.0 Å². The van der Waals surface area contributed by atoms with Gasteiger partial charge in [0.2, 0.25) is 5.91 Å². The van der Waals surface area contributed by atoms with Crippen molar-refractivity contribution in [2.24, 2.45) is 0 Å². The minimum absolute atomic E-state index is 0.0133. The fourth-order valence-corrected chi connectivity index (χ4v) is 1.53. The number of phenolic OH excluding ortho intramolecular Hbond substituents is 1. The summed E-state index contributed by atoms with van der Waals surface area (Å²) in [5, 5.41) is 12.0. The van der Waals surface area contributed by atoms with Crippen molar-refractivity contribution in [2.75, 3.05) is 13.7 Å². The van der Waals surface area contributed by atoms with Gasteiger partial charge >= 0.3 is 0 Å². The maximum atomic E-state index is 11.6. The normalized spacial score (nSPS) is 11.3. The predicted octanol–water partition coefficient (Wildman–Crippen LogP) is 1.87. The molecule has 1 aromatic carbocycles. The molecule has 0 atom stereocenters. The van der Waals surface area contributed by atoms with E-state index in [1.807, 2.05) is 26.0 Å². The lowest BCUT2D eigenvalue weighted by Crippen LogP contribution is -2.34. The molecule has 0 aliphatic rings. The van der Waals surface area contributed by atoms with Crippen molar-refractivity contribution in [3.8, 4) is 5.75 Å². The van der Waals surface area contributed by atoms with E-state index >= 15 is 0 Å². The van der Waals surface area contributed by atoms with Gasteiger partial charge < -0.3 is 15.2 Å². The van der Waals surface area contributed by atoms with Crippen LogP contribution < -0.4 is 5.32 Å². The number of amides is 1. The van der Waals surface area contributed by atoms with Crippen molar-refractivity contribution in [2.45, 2.75) is 32.3 Å². The zero-order valence-corrected chi connectivity index (χ0v) is 11.2. The maximum Gasteiger partial charge on any atom is 0.222 e. The number of methoxy groups -OCH3 is 1. The van der Waals surface area contributed by atoms with E-state index in [4.69, 9.17) is 9.84 Å². The smallest absolute Gasteiger partial charge is 0.222 e. The Balaban J connectivity index is 2.29. The van der Waals surface area contributed by atoms with Gasteiger partial charge in [0.25, 0.3) is 0 Å². The zero-order valence-electron chi connectivity index (χ0n) is 11.2. The average Bonchev–Trinajstić information content (AvgIpc) is 2.31. The Morgan fingerprint density at radius 3 is 2.50 bits per heavy atom. The minimum atomic E-state index is -0.428. The lowest BCUT2D eigenvalue weighted by atomic mass is 10.0. The molecule has 0 fully saturated rings. The van der Waals surface area contributed by atoms with Crippen molar-refractivity contribution >= 4 is 5.91 Å². The van der Waals surface area contributed by atoms with Crippen molar-refractivity contribution in [1.29, 1.82) is 0 Å². The Morgan fingerprint density at radius 2 is 1.94 bits per heavy atom. The Labute approximate surface area is 108 Å². The van der Waals surface area contributed by atoms with Crippen LogP contribution in [0.1, 0.15) is 25.8 Å². The molecule has 0 aromatic heterocycles. The number of hydrogen-bond donors (Lipinski definition) is 2. The third kappa shape index (κ3) is 5.19. The van der Waals surface area contributed by atoms with Crippen LogP contribution in [0.2, 0.25) is 0 Å². The van der Waals surface area contributed by atoms with E-state index in [1.54, 1.807) is 19.2 Å². The number of rotatable bonds is 6. The lowest BCUT2D eigenvalue weighted by Gasteiger charge is -2.21. The van der Waals surface area contributed by atoms with Gasteiger partial charge in [0.1, 0.15) is 5.75 Å².